The van der Waals surface area contributed by atoms with Crippen molar-refractivity contribution in [1.29, 1.82) is 0 Å². The number of nitrogens with one attached hydrogen (secondary N) is 1. The molecule has 0 aliphatic carbocycles. The number of rotatable bonds is 5. The highest BCUT2D eigenvalue weighted by molar-refractivity contribution is 6.30. The second-order valence-corrected chi connectivity index (χ2v) is 6.19. The molecule has 0 bridgehead atoms. The summed E-state index contributed by atoms with van der Waals surface area (Å²) in [6.07, 6.45) is 0. The quantitative estimate of drug-likeness (QED) is 0.560. The molecule has 0 saturated carbocycles. The first-order valence-electron chi connectivity index (χ1n) is 7.71. The summed E-state index contributed by atoms with van der Waals surface area (Å²) in [4.78, 5) is 23.7. The fourth-order valence-electron chi connectivity index (χ4n) is 2.96. The molecule has 0 unspecified atom stereocenters. The van der Waals surface area contributed by atoms with E-state index in [-0.39, 0.29) is 12.1 Å². The van der Waals surface area contributed by atoms with Gasteiger partial charge in [0, 0.05) is 15.6 Å². The number of hydrogen-bond donors (Lipinski definition) is 1. The predicted molar refractivity (Wildman–Crippen MR) is 96.3 cm³/mol. The molecule has 0 spiro atoms. The molecule has 0 fully saturated rings. The lowest BCUT2D eigenvalue weighted by atomic mass is 9.91. The van der Waals surface area contributed by atoms with Crippen molar-refractivity contribution in [3.8, 4) is 5.69 Å². The molecule has 0 aliphatic rings. The predicted octanol–water partition coefficient (Wildman–Crippen LogP) is 3.54. The van der Waals surface area contributed by atoms with Crippen LogP contribution in [0.3, 0.4) is 0 Å². The SMILES string of the molecule is Cc1[nH]n(-c2ccccc2)c(=O)c1[C@@H](C[N+](=O)[O-])c1cccc(Cl)c1. The molecule has 0 radical (unpaired) electrons. The van der Waals surface area contributed by atoms with Gasteiger partial charge in [-0.2, -0.15) is 0 Å². The van der Waals surface area contributed by atoms with E-state index < -0.39 is 10.8 Å². The summed E-state index contributed by atoms with van der Waals surface area (Å²) in [5.74, 6) is -0.678. The molecule has 0 saturated heterocycles. The minimum atomic E-state index is -0.678. The maximum Gasteiger partial charge on any atom is 0.275 e. The molecule has 0 amide bonds. The maximum atomic E-state index is 12.9. The van der Waals surface area contributed by atoms with Gasteiger partial charge in [0.2, 0.25) is 6.54 Å². The Hall–Kier alpha value is -2.86. The van der Waals surface area contributed by atoms with E-state index in [9.17, 15) is 14.9 Å². The first-order chi connectivity index (χ1) is 12.0. The fraction of sp³-hybridized carbons (Fsp3) is 0.167. The van der Waals surface area contributed by atoms with E-state index in [1.54, 1.807) is 43.3 Å². The van der Waals surface area contributed by atoms with Crippen LogP contribution in [0.5, 0.6) is 0 Å². The summed E-state index contributed by atoms with van der Waals surface area (Å²) in [5.41, 5.74) is 2.00. The highest BCUT2D eigenvalue weighted by Gasteiger charge is 2.27. The first-order valence-corrected chi connectivity index (χ1v) is 8.09. The van der Waals surface area contributed by atoms with E-state index >= 15 is 0 Å². The Labute approximate surface area is 148 Å². The van der Waals surface area contributed by atoms with E-state index in [1.807, 2.05) is 18.2 Å². The van der Waals surface area contributed by atoms with Crippen LogP contribution in [-0.2, 0) is 0 Å². The zero-order valence-corrected chi connectivity index (χ0v) is 14.2. The van der Waals surface area contributed by atoms with E-state index in [0.717, 1.165) is 0 Å². The van der Waals surface area contributed by atoms with E-state index in [0.29, 0.717) is 27.5 Å². The number of halogens is 1. The number of nitrogens with zero attached hydrogens (tertiary/aromatic N) is 2. The Balaban J connectivity index is 2.15. The van der Waals surface area contributed by atoms with E-state index in [4.69, 9.17) is 11.6 Å². The van der Waals surface area contributed by atoms with Crippen LogP contribution in [0.15, 0.2) is 59.4 Å². The molecule has 3 aromatic rings. The number of H-pyrrole nitrogens is 1. The third-order valence-corrected chi connectivity index (χ3v) is 4.30. The van der Waals surface area contributed by atoms with Gasteiger partial charge in [-0.05, 0) is 36.8 Å². The second-order valence-electron chi connectivity index (χ2n) is 5.75. The van der Waals surface area contributed by atoms with Crippen molar-refractivity contribution in [2.75, 3.05) is 6.54 Å². The van der Waals surface area contributed by atoms with Crippen LogP contribution in [0.25, 0.3) is 5.69 Å². The average molecular weight is 358 g/mol. The number of nitro groups is 1. The Morgan fingerprint density at radius 3 is 2.56 bits per heavy atom. The van der Waals surface area contributed by atoms with Crippen LogP contribution in [-0.4, -0.2) is 21.2 Å². The summed E-state index contributed by atoms with van der Waals surface area (Å²) < 4.78 is 1.40. The molecular weight excluding hydrogens is 342 g/mol. The van der Waals surface area contributed by atoms with Crippen molar-refractivity contribution in [2.45, 2.75) is 12.8 Å². The van der Waals surface area contributed by atoms with Gasteiger partial charge in [-0.25, -0.2) is 4.68 Å². The van der Waals surface area contributed by atoms with Gasteiger partial charge < -0.3 is 0 Å². The molecule has 6 nitrogen and oxygen atoms in total. The molecule has 128 valence electrons. The number of benzene rings is 2. The van der Waals surface area contributed by atoms with Crippen molar-refractivity contribution < 1.29 is 4.92 Å². The number of aromatic nitrogens is 2. The molecule has 0 aliphatic heterocycles. The van der Waals surface area contributed by atoms with E-state index in [2.05, 4.69) is 5.10 Å². The van der Waals surface area contributed by atoms with Crippen LogP contribution in [0.4, 0.5) is 0 Å². The van der Waals surface area contributed by atoms with Gasteiger partial charge >= 0.3 is 0 Å². The molecule has 1 heterocycles. The van der Waals surface area contributed by atoms with Crippen LogP contribution in [0.1, 0.15) is 22.7 Å². The largest absolute Gasteiger partial charge is 0.295 e. The van der Waals surface area contributed by atoms with Crippen LogP contribution >= 0.6 is 11.6 Å². The second kappa shape index (κ2) is 6.94. The molecule has 25 heavy (non-hydrogen) atoms. The number of hydrogen-bond acceptors (Lipinski definition) is 3. The Morgan fingerprint density at radius 2 is 1.92 bits per heavy atom. The summed E-state index contributed by atoms with van der Waals surface area (Å²) in [7, 11) is 0. The minimum absolute atomic E-state index is 0.296. The summed E-state index contributed by atoms with van der Waals surface area (Å²) in [6.45, 7) is 1.36. The summed E-state index contributed by atoms with van der Waals surface area (Å²) >= 11 is 6.03. The highest BCUT2D eigenvalue weighted by atomic mass is 35.5. The lowest BCUT2D eigenvalue weighted by Gasteiger charge is -2.12. The van der Waals surface area contributed by atoms with Crippen molar-refractivity contribution in [3.05, 3.63) is 96.9 Å². The Morgan fingerprint density at radius 1 is 1.20 bits per heavy atom. The minimum Gasteiger partial charge on any atom is -0.295 e. The molecule has 1 N–H and O–H groups in total. The van der Waals surface area contributed by atoms with Gasteiger partial charge in [0.1, 0.15) is 0 Å². The Kier molecular flexibility index (Phi) is 4.72. The molecular formula is C18H16ClN3O3. The van der Waals surface area contributed by atoms with Crippen molar-refractivity contribution in [1.82, 2.24) is 9.78 Å². The van der Waals surface area contributed by atoms with E-state index in [1.165, 1.54) is 4.68 Å². The monoisotopic (exact) mass is 357 g/mol. The third kappa shape index (κ3) is 3.49. The normalized spacial score (nSPS) is 12.1. The zero-order valence-electron chi connectivity index (χ0n) is 13.5. The first kappa shape index (κ1) is 17.0. The molecule has 3 rings (SSSR count). The lowest BCUT2D eigenvalue weighted by molar-refractivity contribution is -0.481. The van der Waals surface area contributed by atoms with Gasteiger partial charge in [0.05, 0.1) is 17.2 Å². The maximum absolute atomic E-state index is 12.9. The van der Waals surface area contributed by atoms with Crippen LogP contribution in [0.2, 0.25) is 5.02 Å². The molecule has 1 aromatic heterocycles. The zero-order chi connectivity index (χ0) is 18.0. The molecule has 2 aromatic carbocycles. The fourth-order valence-corrected chi connectivity index (χ4v) is 3.16. The molecule has 1 atom stereocenters. The lowest BCUT2D eigenvalue weighted by Crippen LogP contribution is -2.23. The van der Waals surface area contributed by atoms with Crippen molar-refractivity contribution in [3.63, 3.8) is 0 Å². The highest BCUT2D eigenvalue weighted by Crippen LogP contribution is 2.27. The van der Waals surface area contributed by atoms with Gasteiger partial charge in [-0.15, -0.1) is 0 Å². The van der Waals surface area contributed by atoms with Gasteiger partial charge in [-0.1, -0.05) is 41.9 Å². The number of aryl methyl sites for hydroxylation is 1. The number of para-hydroxylation sites is 1. The van der Waals surface area contributed by atoms with Gasteiger partial charge in [0.15, 0.2) is 0 Å². The topological polar surface area (TPSA) is 80.9 Å². The molecule has 7 heteroatoms. The summed E-state index contributed by atoms with van der Waals surface area (Å²) in [6, 6.07) is 15.9. The van der Waals surface area contributed by atoms with Crippen LogP contribution in [0, 0.1) is 17.0 Å². The standard InChI is InChI=1S/C18H16ClN3O3/c1-12-17(18(23)22(20-12)15-8-3-2-4-9-15)16(11-21(24)25)13-6-5-7-14(19)10-13/h2-10,16,20H,11H2,1H3/t16-/m0/s1. The third-order valence-electron chi connectivity index (χ3n) is 4.06. The van der Waals surface area contributed by atoms with Crippen LogP contribution < -0.4 is 5.56 Å². The number of aromatic amines is 1. The smallest absolute Gasteiger partial charge is 0.275 e. The summed E-state index contributed by atoms with van der Waals surface area (Å²) in [5, 5.41) is 14.7. The van der Waals surface area contributed by atoms with Gasteiger partial charge in [-0.3, -0.25) is 20.0 Å². The van der Waals surface area contributed by atoms with Crippen molar-refractivity contribution >= 4 is 11.6 Å². The van der Waals surface area contributed by atoms with Crippen molar-refractivity contribution in [2.24, 2.45) is 0 Å². The Bertz CT molecular complexity index is 963. The van der Waals surface area contributed by atoms with Gasteiger partial charge in [0.25, 0.3) is 5.56 Å². The average Bonchev–Trinajstić information content (AvgIpc) is 2.88.